The summed E-state index contributed by atoms with van der Waals surface area (Å²) in [5, 5.41) is 0. The van der Waals surface area contributed by atoms with Crippen molar-refractivity contribution in [2.75, 3.05) is 0 Å². The van der Waals surface area contributed by atoms with Gasteiger partial charge in [0.2, 0.25) is 0 Å². The largest absolute Gasteiger partial charge is 0.457 e. The molecule has 2 N–H and O–H groups in total. The summed E-state index contributed by atoms with van der Waals surface area (Å²) >= 11 is 3.45. The molecule has 0 unspecified atom stereocenters. The van der Waals surface area contributed by atoms with Crippen molar-refractivity contribution in [2.45, 2.75) is 26.8 Å². The van der Waals surface area contributed by atoms with Crippen LogP contribution in [0.15, 0.2) is 34.8 Å². The second-order valence-electron chi connectivity index (χ2n) is 4.94. The van der Waals surface area contributed by atoms with Crippen LogP contribution in [0.2, 0.25) is 0 Å². The van der Waals surface area contributed by atoms with E-state index in [2.05, 4.69) is 15.9 Å². The summed E-state index contributed by atoms with van der Waals surface area (Å²) in [6.45, 7) is 5.50. The highest BCUT2D eigenvalue weighted by molar-refractivity contribution is 9.10. The zero-order chi connectivity index (χ0) is 14.9. The Hall–Kier alpha value is -1.39. The minimum Gasteiger partial charge on any atom is -0.457 e. The third-order valence-corrected chi connectivity index (χ3v) is 4.03. The number of benzene rings is 2. The van der Waals surface area contributed by atoms with Crippen molar-refractivity contribution in [3.05, 3.63) is 57.3 Å². The molecule has 0 radical (unpaired) electrons. The SMILES string of the molecule is Cc1cc(Oc2ccc(Br)c(C)c2)c([C@@H](C)N)cc1F. The first kappa shape index (κ1) is 15.0. The number of rotatable bonds is 3. The highest BCUT2D eigenvalue weighted by Gasteiger charge is 2.13. The molecule has 2 aromatic carbocycles. The Morgan fingerprint density at radius 1 is 1.15 bits per heavy atom. The van der Waals surface area contributed by atoms with Gasteiger partial charge in [-0.1, -0.05) is 15.9 Å². The van der Waals surface area contributed by atoms with E-state index in [1.165, 1.54) is 6.07 Å². The van der Waals surface area contributed by atoms with Crippen LogP contribution in [0.5, 0.6) is 11.5 Å². The van der Waals surface area contributed by atoms with Crippen LogP contribution >= 0.6 is 15.9 Å². The van der Waals surface area contributed by atoms with Crippen LogP contribution in [0.3, 0.4) is 0 Å². The van der Waals surface area contributed by atoms with Gasteiger partial charge in [0.15, 0.2) is 0 Å². The van der Waals surface area contributed by atoms with Gasteiger partial charge in [-0.15, -0.1) is 0 Å². The van der Waals surface area contributed by atoms with Crippen molar-refractivity contribution in [1.82, 2.24) is 0 Å². The molecule has 2 rings (SSSR count). The second-order valence-corrected chi connectivity index (χ2v) is 5.80. The minimum absolute atomic E-state index is 0.267. The second kappa shape index (κ2) is 5.94. The van der Waals surface area contributed by atoms with Crippen molar-refractivity contribution in [3.63, 3.8) is 0 Å². The van der Waals surface area contributed by atoms with Crippen molar-refractivity contribution < 1.29 is 9.13 Å². The van der Waals surface area contributed by atoms with E-state index < -0.39 is 0 Å². The Bertz CT molecular complexity index is 641. The third kappa shape index (κ3) is 3.19. The molecular formula is C16H17BrFNO. The van der Waals surface area contributed by atoms with Crippen molar-refractivity contribution in [3.8, 4) is 11.5 Å². The van der Waals surface area contributed by atoms with Crippen molar-refractivity contribution in [2.24, 2.45) is 5.73 Å². The first-order chi connectivity index (χ1) is 9.38. The van der Waals surface area contributed by atoms with Crippen LogP contribution in [-0.4, -0.2) is 0 Å². The molecule has 4 heteroatoms. The fourth-order valence-corrected chi connectivity index (χ4v) is 2.17. The number of nitrogens with two attached hydrogens (primary N) is 1. The molecule has 0 spiro atoms. The number of ether oxygens (including phenoxy) is 1. The van der Waals surface area contributed by atoms with Gasteiger partial charge in [-0.05, 0) is 62.2 Å². The lowest BCUT2D eigenvalue weighted by Crippen LogP contribution is -2.08. The molecule has 20 heavy (non-hydrogen) atoms. The summed E-state index contributed by atoms with van der Waals surface area (Å²) in [7, 11) is 0. The smallest absolute Gasteiger partial charge is 0.132 e. The molecule has 0 bridgehead atoms. The first-order valence-corrected chi connectivity index (χ1v) is 7.17. The van der Waals surface area contributed by atoms with Gasteiger partial charge in [0.05, 0.1) is 0 Å². The first-order valence-electron chi connectivity index (χ1n) is 6.38. The van der Waals surface area contributed by atoms with E-state index in [4.69, 9.17) is 10.5 Å². The molecule has 0 saturated heterocycles. The average molecular weight is 338 g/mol. The maximum atomic E-state index is 13.7. The van der Waals surface area contributed by atoms with Gasteiger partial charge in [0.1, 0.15) is 17.3 Å². The highest BCUT2D eigenvalue weighted by Crippen LogP contribution is 2.32. The summed E-state index contributed by atoms with van der Waals surface area (Å²) < 4.78 is 20.6. The molecule has 2 aromatic rings. The fourth-order valence-electron chi connectivity index (χ4n) is 1.92. The summed E-state index contributed by atoms with van der Waals surface area (Å²) in [4.78, 5) is 0. The van der Waals surface area contributed by atoms with E-state index in [1.807, 2.05) is 32.0 Å². The molecule has 0 saturated carbocycles. The Morgan fingerprint density at radius 3 is 2.45 bits per heavy atom. The van der Waals surface area contributed by atoms with E-state index in [-0.39, 0.29) is 11.9 Å². The van der Waals surface area contributed by atoms with Gasteiger partial charge in [-0.2, -0.15) is 0 Å². The highest BCUT2D eigenvalue weighted by atomic mass is 79.9. The number of hydrogen-bond donors (Lipinski definition) is 1. The zero-order valence-electron chi connectivity index (χ0n) is 11.7. The van der Waals surface area contributed by atoms with Crippen LogP contribution in [0.4, 0.5) is 4.39 Å². The third-order valence-electron chi connectivity index (χ3n) is 3.14. The lowest BCUT2D eigenvalue weighted by molar-refractivity contribution is 0.467. The van der Waals surface area contributed by atoms with E-state index in [0.29, 0.717) is 22.6 Å². The number of halogens is 2. The van der Waals surface area contributed by atoms with Gasteiger partial charge >= 0.3 is 0 Å². The van der Waals surface area contributed by atoms with E-state index in [1.54, 1.807) is 13.0 Å². The molecule has 0 fully saturated rings. The molecule has 0 aromatic heterocycles. The minimum atomic E-state index is -0.295. The normalized spacial score (nSPS) is 12.3. The van der Waals surface area contributed by atoms with E-state index in [0.717, 1.165) is 10.0 Å². The van der Waals surface area contributed by atoms with Crippen LogP contribution in [-0.2, 0) is 0 Å². The predicted octanol–water partition coefficient (Wildman–Crippen LogP) is 5.02. The van der Waals surface area contributed by atoms with Gasteiger partial charge < -0.3 is 10.5 Å². The molecule has 1 atom stereocenters. The van der Waals surface area contributed by atoms with Gasteiger partial charge in [-0.25, -0.2) is 4.39 Å². The maximum absolute atomic E-state index is 13.7. The fraction of sp³-hybridized carbons (Fsp3) is 0.250. The Balaban J connectivity index is 2.41. The van der Waals surface area contributed by atoms with Gasteiger partial charge in [0.25, 0.3) is 0 Å². The Kier molecular flexibility index (Phi) is 4.45. The molecule has 0 aliphatic rings. The monoisotopic (exact) mass is 337 g/mol. The van der Waals surface area contributed by atoms with Crippen LogP contribution in [0.25, 0.3) is 0 Å². The van der Waals surface area contributed by atoms with Gasteiger partial charge in [0, 0.05) is 16.1 Å². The Morgan fingerprint density at radius 2 is 1.85 bits per heavy atom. The zero-order valence-corrected chi connectivity index (χ0v) is 13.3. The number of hydrogen-bond acceptors (Lipinski definition) is 2. The molecule has 0 heterocycles. The van der Waals surface area contributed by atoms with E-state index >= 15 is 0 Å². The van der Waals surface area contributed by atoms with Crippen molar-refractivity contribution >= 4 is 15.9 Å². The molecular weight excluding hydrogens is 321 g/mol. The molecule has 0 aliphatic carbocycles. The molecule has 2 nitrogen and oxygen atoms in total. The lowest BCUT2D eigenvalue weighted by Gasteiger charge is -2.15. The number of aryl methyl sites for hydroxylation is 2. The lowest BCUT2D eigenvalue weighted by atomic mass is 10.0. The maximum Gasteiger partial charge on any atom is 0.132 e. The standard InChI is InChI=1S/C16H17BrFNO/c1-9-6-12(4-5-14(9)17)20-16-7-10(2)15(18)8-13(16)11(3)19/h4-8,11H,19H2,1-3H3/t11-/m1/s1. The predicted molar refractivity (Wildman–Crippen MR) is 82.7 cm³/mol. The van der Waals surface area contributed by atoms with Crippen molar-refractivity contribution in [1.29, 1.82) is 0 Å². The van der Waals surface area contributed by atoms with Gasteiger partial charge in [-0.3, -0.25) is 0 Å². The Labute approximate surface area is 126 Å². The average Bonchev–Trinajstić information content (AvgIpc) is 2.37. The summed E-state index contributed by atoms with van der Waals surface area (Å²) in [6, 6.07) is 8.55. The summed E-state index contributed by atoms with van der Waals surface area (Å²) in [5.74, 6) is 1.04. The summed E-state index contributed by atoms with van der Waals surface area (Å²) in [6.07, 6.45) is 0. The quantitative estimate of drug-likeness (QED) is 0.853. The van der Waals surface area contributed by atoms with Crippen LogP contribution in [0, 0.1) is 19.7 Å². The van der Waals surface area contributed by atoms with Crippen LogP contribution in [0.1, 0.15) is 29.7 Å². The molecule has 106 valence electrons. The molecule has 0 amide bonds. The van der Waals surface area contributed by atoms with Crippen LogP contribution < -0.4 is 10.5 Å². The van der Waals surface area contributed by atoms with E-state index in [9.17, 15) is 4.39 Å². The molecule has 0 aliphatic heterocycles. The topological polar surface area (TPSA) is 35.2 Å². The summed E-state index contributed by atoms with van der Waals surface area (Å²) in [5.41, 5.74) is 8.16.